The second-order valence-corrected chi connectivity index (χ2v) is 11.0. The summed E-state index contributed by atoms with van der Waals surface area (Å²) >= 11 is 0. The third kappa shape index (κ3) is 4.95. The number of rotatable bonds is 4. The van der Waals surface area contributed by atoms with Crippen LogP contribution in [0.4, 0.5) is 0 Å². The summed E-state index contributed by atoms with van der Waals surface area (Å²) in [6, 6.07) is 0. The zero-order chi connectivity index (χ0) is 23.8. The summed E-state index contributed by atoms with van der Waals surface area (Å²) in [5.41, 5.74) is 3.97. The van der Waals surface area contributed by atoms with Crippen molar-refractivity contribution in [3.63, 3.8) is 0 Å². The smallest absolute Gasteiger partial charge is 0.243 e. The van der Waals surface area contributed by atoms with Gasteiger partial charge in [-0.15, -0.1) is 0 Å². The first kappa shape index (κ1) is 24.9. The molecule has 2 N–H and O–H groups in total. The summed E-state index contributed by atoms with van der Waals surface area (Å²) in [6.07, 6.45) is 10.4. The molecule has 0 heterocycles. The van der Waals surface area contributed by atoms with Gasteiger partial charge in [0.05, 0.1) is 17.7 Å². The molecule has 0 aromatic carbocycles. The van der Waals surface area contributed by atoms with Crippen molar-refractivity contribution in [2.24, 2.45) is 11.3 Å². The second kappa shape index (κ2) is 9.28. The van der Waals surface area contributed by atoms with Crippen LogP contribution in [0.2, 0.25) is 0 Å². The Morgan fingerprint density at radius 3 is 2.66 bits per heavy atom. The molecule has 3 rings (SSSR count). The molecule has 178 valence electrons. The van der Waals surface area contributed by atoms with Crippen molar-refractivity contribution in [2.45, 2.75) is 104 Å². The molecule has 0 saturated heterocycles. The van der Waals surface area contributed by atoms with Crippen LogP contribution in [-0.2, 0) is 9.63 Å². The SMILES string of the molecule is C=C1C(=CC=C2CCC[C@]3(C)C([C@@H](C)ON(C(C)=O)C(C)(C)C)=CCC23)C[C@@H](O)C[C@@H]1O. The lowest BCUT2D eigenvalue weighted by Gasteiger charge is -2.44. The Balaban J connectivity index is 1.80. The molecule has 0 spiro atoms. The summed E-state index contributed by atoms with van der Waals surface area (Å²) in [4.78, 5) is 18.4. The van der Waals surface area contributed by atoms with Gasteiger partial charge in [0.1, 0.15) is 6.10 Å². The fourth-order valence-corrected chi connectivity index (χ4v) is 5.87. The normalized spacial score (nSPS) is 34.4. The van der Waals surface area contributed by atoms with Crippen molar-refractivity contribution in [1.29, 1.82) is 0 Å². The van der Waals surface area contributed by atoms with E-state index >= 15 is 0 Å². The van der Waals surface area contributed by atoms with Crippen molar-refractivity contribution >= 4 is 5.91 Å². The molecule has 32 heavy (non-hydrogen) atoms. The zero-order valence-electron chi connectivity index (χ0n) is 20.6. The minimum Gasteiger partial charge on any atom is -0.393 e. The molecule has 0 radical (unpaired) electrons. The van der Waals surface area contributed by atoms with Crippen molar-refractivity contribution < 1.29 is 19.8 Å². The number of carbonyl (C=O) groups is 1. The highest BCUT2D eigenvalue weighted by Gasteiger charge is 2.47. The third-order valence-electron chi connectivity index (χ3n) is 7.47. The van der Waals surface area contributed by atoms with E-state index in [9.17, 15) is 15.0 Å². The summed E-state index contributed by atoms with van der Waals surface area (Å²) in [6.45, 7) is 15.9. The molecule has 0 bridgehead atoms. The largest absolute Gasteiger partial charge is 0.393 e. The fourth-order valence-electron chi connectivity index (χ4n) is 5.87. The van der Waals surface area contributed by atoms with E-state index in [0.29, 0.717) is 18.8 Å². The number of allylic oxidation sites excluding steroid dienone is 4. The number of hydroxylamine groups is 2. The molecule has 0 aromatic rings. The van der Waals surface area contributed by atoms with Crippen molar-refractivity contribution in [2.75, 3.05) is 0 Å². The Hall–Kier alpha value is -1.69. The second-order valence-electron chi connectivity index (χ2n) is 11.0. The van der Waals surface area contributed by atoms with Gasteiger partial charge in [0, 0.05) is 13.3 Å². The summed E-state index contributed by atoms with van der Waals surface area (Å²) in [5, 5.41) is 21.7. The Morgan fingerprint density at radius 1 is 1.34 bits per heavy atom. The maximum absolute atomic E-state index is 12.2. The minimum absolute atomic E-state index is 0.00491. The van der Waals surface area contributed by atoms with Gasteiger partial charge in [-0.3, -0.25) is 9.63 Å². The molecule has 0 aromatic heterocycles. The summed E-state index contributed by atoms with van der Waals surface area (Å²) < 4.78 is 0. The molecule has 5 atom stereocenters. The number of amides is 1. The first-order valence-electron chi connectivity index (χ1n) is 12.0. The first-order chi connectivity index (χ1) is 14.8. The molecule has 2 fully saturated rings. The molecule has 5 heteroatoms. The number of carbonyl (C=O) groups excluding carboxylic acids is 1. The molecule has 0 aliphatic heterocycles. The molecular formula is C27H41NO4. The quantitative estimate of drug-likeness (QED) is 0.473. The lowest BCUT2D eigenvalue weighted by Crippen LogP contribution is -2.47. The van der Waals surface area contributed by atoms with E-state index in [1.54, 1.807) is 6.92 Å². The number of fused-ring (bicyclic) bond motifs is 1. The van der Waals surface area contributed by atoms with Crippen LogP contribution in [0.15, 0.2) is 47.1 Å². The van der Waals surface area contributed by atoms with E-state index in [1.807, 2.05) is 20.8 Å². The number of nitrogens with zero attached hydrogens (tertiary/aromatic N) is 1. The monoisotopic (exact) mass is 443 g/mol. The van der Waals surface area contributed by atoms with Crippen LogP contribution in [-0.4, -0.2) is 45.0 Å². The Morgan fingerprint density at radius 2 is 2.03 bits per heavy atom. The van der Waals surface area contributed by atoms with Crippen LogP contribution in [0.5, 0.6) is 0 Å². The molecule has 5 nitrogen and oxygen atoms in total. The van der Waals surface area contributed by atoms with Crippen LogP contribution in [0.3, 0.4) is 0 Å². The lowest BCUT2D eigenvalue weighted by atomic mass is 9.63. The lowest BCUT2D eigenvalue weighted by molar-refractivity contribution is -0.226. The van der Waals surface area contributed by atoms with Gasteiger partial charge in [-0.05, 0) is 87.9 Å². The summed E-state index contributed by atoms with van der Waals surface area (Å²) in [5.74, 6) is 0.318. The third-order valence-corrected chi connectivity index (χ3v) is 7.47. The highest BCUT2D eigenvalue weighted by molar-refractivity contribution is 5.72. The Kier molecular flexibility index (Phi) is 7.23. The van der Waals surface area contributed by atoms with Gasteiger partial charge in [0.15, 0.2) is 0 Å². The molecule has 3 aliphatic carbocycles. The van der Waals surface area contributed by atoms with Gasteiger partial charge in [0.2, 0.25) is 5.91 Å². The van der Waals surface area contributed by atoms with Crippen LogP contribution in [0.25, 0.3) is 0 Å². The topological polar surface area (TPSA) is 70.0 Å². The number of hydrogen-bond acceptors (Lipinski definition) is 4. The molecule has 1 unspecified atom stereocenters. The van der Waals surface area contributed by atoms with Gasteiger partial charge in [0.25, 0.3) is 0 Å². The average Bonchev–Trinajstić information content (AvgIpc) is 3.04. The zero-order valence-corrected chi connectivity index (χ0v) is 20.6. The predicted octanol–water partition coefficient (Wildman–Crippen LogP) is 5.01. The molecule has 1 amide bonds. The van der Waals surface area contributed by atoms with E-state index in [-0.39, 0.29) is 17.4 Å². The van der Waals surface area contributed by atoms with Gasteiger partial charge in [-0.1, -0.05) is 37.3 Å². The van der Waals surface area contributed by atoms with Gasteiger partial charge in [-0.2, -0.15) is 0 Å². The summed E-state index contributed by atoms with van der Waals surface area (Å²) in [7, 11) is 0. The number of aliphatic hydroxyl groups is 2. The van der Waals surface area contributed by atoms with Gasteiger partial charge < -0.3 is 10.2 Å². The van der Waals surface area contributed by atoms with E-state index in [1.165, 1.54) is 16.2 Å². The molecular weight excluding hydrogens is 402 g/mol. The fraction of sp³-hybridized carbons (Fsp3) is 0.667. The Labute approximate surface area is 193 Å². The van der Waals surface area contributed by atoms with Crippen LogP contribution in [0, 0.1) is 11.3 Å². The standard InChI is InChI=1S/C27H41NO4/c1-17-21(15-22(30)16-25(17)31)11-10-20-9-8-14-27(7)23(12-13-24(20)27)18(2)32-28(19(3)29)26(4,5)6/h10-12,18,22,24-25,30-31H,1,8-9,13-16H2,2-7H3/t18-,22-,24?,25+,27-/m1/s1. The van der Waals surface area contributed by atoms with Crippen LogP contribution >= 0.6 is 0 Å². The highest BCUT2D eigenvalue weighted by Crippen LogP contribution is 2.56. The van der Waals surface area contributed by atoms with E-state index in [4.69, 9.17) is 4.84 Å². The van der Waals surface area contributed by atoms with Crippen molar-refractivity contribution in [3.05, 3.63) is 47.1 Å². The van der Waals surface area contributed by atoms with Gasteiger partial charge >= 0.3 is 0 Å². The number of aliphatic hydroxyl groups excluding tert-OH is 2. The van der Waals surface area contributed by atoms with E-state index in [2.05, 4.69) is 38.7 Å². The van der Waals surface area contributed by atoms with Gasteiger partial charge in [-0.25, -0.2) is 5.06 Å². The molecule has 2 saturated carbocycles. The minimum atomic E-state index is -0.662. The maximum Gasteiger partial charge on any atom is 0.243 e. The van der Waals surface area contributed by atoms with Crippen molar-refractivity contribution in [1.82, 2.24) is 5.06 Å². The van der Waals surface area contributed by atoms with Crippen molar-refractivity contribution in [3.8, 4) is 0 Å². The predicted molar refractivity (Wildman–Crippen MR) is 128 cm³/mol. The number of hydrogen-bond donors (Lipinski definition) is 2. The van der Waals surface area contributed by atoms with Crippen LogP contribution in [0.1, 0.15) is 80.1 Å². The molecule has 3 aliphatic rings. The Bertz CT molecular complexity index is 846. The highest BCUT2D eigenvalue weighted by atomic mass is 16.7. The maximum atomic E-state index is 12.2. The van der Waals surface area contributed by atoms with Crippen LogP contribution < -0.4 is 0 Å². The first-order valence-corrected chi connectivity index (χ1v) is 12.0. The van der Waals surface area contributed by atoms with E-state index in [0.717, 1.165) is 36.8 Å². The van der Waals surface area contributed by atoms with E-state index < -0.39 is 17.7 Å². The average molecular weight is 444 g/mol.